The number of carboxylic acids is 1. The summed E-state index contributed by atoms with van der Waals surface area (Å²) in [6.07, 6.45) is 0. The average Bonchev–Trinajstić information content (AvgIpc) is 2.63. The third-order valence-electron chi connectivity index (χ3n) is 4.09. The van der Waals surface area contributed by atoms with E-state index in [-0.39, 0.29) is 16.0 Å². The SMILES string of the molecule is O=C(O)c1ccc(F)c(-c2ccc(S(=O)(=O)N3CCNCC3)cc2)c1. The van der Waals surface area contributed by atoms with E-state index in [0.717, 1.165) is 6.07 Å². The number of carbonyl (C=O) groups is 1. The van der Waals surface area contributed by atoms with Crippen LogP contribution >= 0.6 is 0 Å². The molecule has 0 bridgehead atoms. The molecule has 1 fully saturated rings. The first-order valence-electron chi connectivity index (χ1n) is 7.74. The lowest BCUT2D eigenvalue weighted by Gasteiger charge is -2.26. The molecule has 1 aliphatic rings. The van der Waals surface area contributed by atoms with Gasteiger partial charge in [0.1, 0.15) is 5.82 Å². The fourth-order valence-corrected chi connectivity index (χ4v) is 4.16. The van der Waals surface area contributed by atoms with Crippen molar-refractivity contribution in [2.75, 3.05) is 26.2 Å². The van der Waals surface area contributed by atoms with Crippen molar-refractivity contribution in [1.82, 2.24) is 9.62 Å². The lowest BCUT2D eigenvalue weighted by atomic mass is 10.0. The highest BCUT2D eigenvalue weighted by Crippen LogP contribution is 2.26. The molecule has 1 heterocycles. The number of sulfonamides is 1. The molecular formula is C17H17FN2O4S. The molecule has 2 N–H and O–H groups in total. The first-order chi connectivity index (χ1) is 11.9. The van der Waals surface area contributed by atoms with E-state index in [1.807, 2.05) is 0 Å². The van der Waals surface area contributed by atoms with Gasteiger partial charge in [-0.1, -0.05) is 12.1 Å². The number of hydrogen-bond acceptors (Lipinski definition) is 4. The second kappa shape index (κ2) is 6.91. The summed E-state index contributed by atoms with van der Waals surface area (Å²) in [5.41, 5.74) is 0.500. The largest absolute Gasteiger partial charge is 0.478 e. The van der Waals surface area contributed by atoms with Crippen LogP contribution in [0.5, 0.6) is 0 Å². The van der Waals surface area contributed by atoms with Gasteiger partial charge in [0.05, 0.1) is 10.5 Å². The van der Waals surface area contributed by atoms with Gasteiger partial charge in [-0.2, -0.15) is 4.31 Å². The number of benzene rings is 2. The highest BCUT2D eigenvalue weighted by molar-refractivity contribution is 7.89. The number of rotatable bonds is 4. The summed E-state index contributed by atoms with van der Waals surface area (Å²) in [4.78, 5) is 11.2. The highest BCUT2D eigenvalue weighted by Gasteiger charge is 2.25. The van der Waals surface area contributed by atoms with Crippen LogP contribution in [0.15, 0.2) is 47.4 Å². The number of halogens is 1. The molecule has 0 radical (unpaired) electrons. The van der Waals surface area contributed by atoms with Gasteiger partial charge in [-0.3, -0.25) is 0 Å². The molecule has 6 nitrogen and oxygen atoms in total. The fourth-order valence-electron chi connectivity index (χ4n) is 2.72. The first-order valence-corrected chi connectivity index (χ1v) is 9.18. The Morgan fingerprint density at radius 2 is 1.72 bits per heavy atom. The Kier molecular flexibility index (Phi) is 4.85. The lowest BCUT2D eigenvalue weighted by molar-refractivity contribution is 0.0697. The van der Waals surface area contributed by atoms with E-state index in [1.165, 1.54) is 40.7 Å². The minimum Gasteiger partial charge on any atom is -0.478 e. The maximum atomic E-state index is 14.0. The fraction of sp³-hybridized carbons (Fsp3) is 0.235. The van der Waals surface area contributed by atoms with Crippen LogP contribution in [-0.4, -0.2) is 50.0 Å². The number of piperazine rings is 1. The maximum Gasteiger partial charge on any atom is 0.335 e. The number of nitrogens with one attached hydrogen (secondary N) is 1. The molecule has 2 aromatic carbocycles. The molecular weight excluding hydrogens is 347 g/mol. The zero-order chi connectivity index (χ0) is 18.0. The Labute approximate surface area is 144 Å². The van der Waals surface area contributed by atoms with Gasteiger partial charge >= 0.3 is 5.97 Å². The van der Waals surface area contributed by atoms with Gasteiger partial charge in [0.2, 0.25) is 10.0 Å². The van der Waals surface area contributed by atoms with E-state index >= 15 is 0 Å². The standard InChI is InChI=1S/C17H17FN2O4S/c18-16-6-3-13(17(21)22)11-15(16)12-1-4-14(5-2-12)25(23,24)20-9-7-19-8-10-20/h1-6,11,19H,7-10H2,(H,21,22). The zero-order valence-electron chi connectivity index (χ0n) is 13.3. The van der Waals surface area contributed by atoms with Crippen molar-refractivity contribution in [2.24, 2.45) is 0 Å². The van der Waals surface area contributed by atoms with Crippen molar-refractivity contribution in [3.8, 4) is 11.1 Å². The van der Waals surface area contributed by atoms with Crippen molar-refractivity contribution in [1.29, 1.82) is 0 Å². The number of carboxylic acid groups (broad SMARTS) is 1. The summed E-state index contributed by atoms with van der Waals surface area (Å²) >= 11 is 0. The number of nitrogens with zero attached hydrogens (tertiary/aromatic N) is 1. The van der Waals surface area contributed by atoms with Gasteiger partial charge in [-0.25, -0.2) is 17.6 Å². The van der Waals surface area contributed by atoms with Crippen LogP contribution in [0.4, 0.5) is 4.39 Å². The molecule has 0 unspecified atom stereocenters. The molecule has 0 amide bonds. The van der Waals surface area contributed by atoms with Crippen molar-refractivity contribution < 1.29 is 22.7 Å². The maximum absolute atomic E-state index is 14.0. The summed E-state index contributed by atoms with van der Waals surface area (Å²) in [5.74, 6) is -1.72. The average molecular weight is 364 g/mol. The Morgan fingerprint density at radius 1 is 1.08 bits per heavy atom. The van der Waals surface area contributed by atoms with Crippen molar-refractivity contribution in [3.63, 3.8) is 0 Å². The molecule has 0 aliphatic carbocycles. The summed E-state index contributed by atoms with van der Waals surface area (Å²) < 4.78 is 40.6. The summed E-state index contributed by atoms with van der Waals surface area (Å²) in [6.45, 7) is 2.01. The van der Waals surface area contributed by atoms with Gasteiger partial charge in [-0.05, 0) is 35.9 Å². The summed E-state index contributed by atoms with van der Waals surface area (Å²) in [5, 5.41) is 12.1. The van der Waals surface area contributed by atoms with Crippen molar-refractivity contribution in [2.45, 2.75) is 4.90 Å². The molecule has 2 aromatic rings. The van der Waals surface area contributed by atoms with E-state index in [4.69, 9.17) is 5.11 Å². The van der Waals surface area contributed by atoms with Crippen LogP contribution in [0.3, 0.4) is 0 Å². The minimum atomic E-state index is -3.59. The second-order valence-corrected chi connectivity index (χ2v) is 7.62. The molecule has 1 aliphatic heterocycles. The third kappa shape index (κ3) is 3.55. The minimum absolute atomic E-state index is 0.0334. The molecule has 25 heavy (non-hydrogen) atoms. The summed E-state index contributed by atoms with van der Waals surface area (Å²) in [7, 11) is -3.59. The predicted octanol–water partition coefficient (Wildman–Crippen LogP) is 1.78. The van der Waals surface area contributed by atoms with Gasteiger partial charge in [0.15, 0.2) is 0 Å². The Balaban J connectivity index is 1.93. The Hall–Kier alpha value is -2.29. The number of hydrogen-bond donors (Lipinski definition) is 2. The van der Waals surface area contributed by atoms with Crippen LogP contribution in [0, 0.1) is 5.82 Å². The zero-order valence-corrected chi connectivity index (χ0v) is 14.1. The van der Waals surface area contributed by atoms with Crippen LogP contribution in [-0.2, 0) is 10.0 Å². The first kappa shape index (κ1) is 17.5. The van der Waals surface area contributed by atoms with Gasteiger partial charge in [0, 0.05) is 31.7 Å². The van der Waals surface area contributed by atoms with Gasteiger partial charge < -0.3 is 10.4 Å². The molecule has 0 aromatic heterocycles. The normalized spacial score (nSPS) is 15.9. The van der Waals surface area contributed by atoms with Crippen LogP contribution in [0.1, 0.15) is 10.4 Å². The molecule has 132 valence electrons. The monoisotopic (exact) mass is 364 g/mol. The smallest absolute Gasteiger partial charge is 0.335 e. The van der Waals surface area contributed by atoms with Crippen LogP contribution < -0.4 is 5.32 Å². The van der Waals surface area contributed by atoms with E-state index in [9.17, 15) is 17.6 Å². The van der Waals surface area contributed by atoms with E-state index in [2.05, 4.69) is 5.32 Å². The third-order valence-corrected chi connectivity index (χ3v) is 6.01. The molecule has 0 spiro atoms. The Bertz CT molecular complexity index is 891. The molecule has 3 rings (SSSR count). The van der Waals surface area contributed by atoms with E-state index < -0.39 is 21.8 Å². The van der Waals surface area contributed by atoms with Gasteiger partial charge in [0.25, 0.3) is 0 Å². The molecule has 8 heteroatoms. The molecule has 1 saturated heterocycles. The van der Waals surface area contributed by atoms with Crippen LogP contribution in [0.25, 0.3) is 11.1 Å². The molecule has 0 saturated carbocycles. The highest BCUT2D eigenvalue weighted by atomic mass is 32.2. The second-order valence-electron chi connectivity index (χ2n) is 5.68. The predicted molar refractivity (Wildman–Crippen MR) is 90.4 cm³/mol. The number of aromatic carboxylic acids is 1. The van der Waals surface area contributed by atoms with Crippen molar-refractivity contribution >= 4 is 16.0 Å². The van der Waals surface area contributed by atoms with E-state index in [1.54, 1.807) is 0 Å². The van der Waals surface area contributed by atoms with Crippen LogP contribution in [0.2, 0.25) is 0 Å². The molecule has 0 atom stereocenters. The lowest BCUT2D eigenvalue weighted by Crippen LogP contribution is -2.46. The quantitative estimate of drug-likeness (QED) is 0.864. The van der Waals surface area contributed by atoms with Gasteiger partial charge in [-0.15, -0.1) is 0 Å². The summed E-state index contributed by atoms with van der Waals surface area (Å²) in [6, 6.07) is 9.31. The van der Waals surface area contributed by atoms with Crippen molar-refractivity contribution in [3.05, 3.63) is 53.8 Å². The van der Waals surface area contributed by atoms with E-state index in [0.29, 0.717) is 31.7 Å². The Morgan fingerprint density at radius 3 is 2.32 bits per heavy atom. The topological polar surface area (TPSA) is 86.7 Å².